The van der Waals surface area contributed by atoms with Crippen LogP contribution in [0.1, 0.15) is 11.9 Å². The van der Waals surface area contributed by atoms with Crippen LogP contribution in [0.25, 0.3) is 0 Å². The third kappa shape index (κ3) is 3.39. The molecule has 0 fully saturated rings. The predicted molar refractivity (Wildman–Crippen MR) is 69.5 cm³/mol. The first-order valence-electron chi connectivity index (χ1n) is 5.22. The molecule has 0 aliphatic heterocycles. The summed E-state index contributed by atoms with van der Waals surface area (Å²) >= 11 is 4.54. The predicted octanol–water partition coefficient (Wildman–Crippen LogP) is 3.42. The SMILES string of the molecule is CCOc1nnc(COc2cc(Br)ccc2F)s1. The smallest absolute Gasteiger partial charge is 0.294 e. The molecule has 4 nitrogen and oxygen atoms in total. The Morgan fingerprint density at radius 1 is 1.33 bits per heavy atom. The van der Waals surface area contributed by atoms with Crippen molar-refractivity contribution < 1.29 is 13.9 Å². The second kappa shape index (κ2) is 6.10. The molecule has 0 atom stereocenters. The molecule has 2 rings (SSSR count). The molecular formula is C11H10BrFN2O2S. The molecule has 1 aromatic carbocycles. The summed E-state index contributed by atoms with van der Waals surface area (Å²) < 4.78 is 24.7. The third-order valence-electron chi connectivity index (χ3n) is 1.96. The Bertz CT molecular complexity index is 536. The van der Waals surface area contributed by atoms with Crippen LogP contribution >= 0.6 is 27.3 Å². The van der Waals surface area contributed by atoms with Crippen LogP contribution in [-0.4, -0.2) is 16.8 Å². The van der Waals surface area contributed by atoms with Crippen LogP contribution in [0.4, 0.5) is 4.39 Å². The Labute approximate surface area is 116 Å². The largest absolute Gasteiger partial charge is 0.483 e. The fraction of sp³-hybridized carbons (Fsp3) is 0.273. The Hall–Kier alpha value is -1.21. The monoisotopic (exact) mass is 332 g/mol. The van der Waals surface area contributed by atoms with E-state index in [1.165, 1.54) is 17.4 Å². The highest BCUT2D eigenvalue weighted by Gasteiger charge is 2.08. The van der Waals surface area contributed by atoms with Gasteiger partial charge in [0.2, 0.25) is 0 Å². The van der Waals surface area contributed by atoms with E-state index in [0.717, 1.165) is 4.47 Å². The fourth-order valence-electron chi connectivity index (χ4n) is 1.21. The van der Waals surface area contributed by atoms with E-state index in [9.17, 15) is 4.39 Å². The van der Waals surface area contributed by atoms with Gasteiger partial charge in [0.1, 0.15) is 6.61 Å². The van der Waals surface area contributed by atoms with Gasteiger partial charge in [0.25, 0.3) is 5.19 Å². The van der Waals surface area contributed by atoms with E-state index >= 15 is 0 Å². The Kier molecular flexibility index (Phi) is 4.48. The standard InChI is InChI=1S/C11H10BrFN2O2S/c1-2-16-11-15-14-10(18-11)6-17-9-5-7(12)3-4-8(9)13/h3-5H,2,6H2,1H3. The molecule has 1 heterocycles. The molecule has 0 N–H and O–H groups in total. The molecule has 7 heteroatoms. The first kappa shape index (κ1) is 13.2. The highest BCUT2D eigenvalue weighted by Crippen LogP contribution is 2.24. The Morgan fingerprint density at radius 2 is 2.17 bits per heavy atom. The van der Waals surface area contributed by atoms with Gasteiger partial charge < -0.3 is 9.47 Å². The lowest BCUT2D eigenvalue weighted by molar-refractivity contribution is 0.288. The fourth-order valence-corrected chi connectivity index (χ4v) is 2.21. The maximum absolute atomic E-state index is 13.4. The van der Waals surface area contributed by atoms with E-state index in [2.05, 4.69) is 26.1 Å². The lowest BCUT2D eigenvalue weighted by atomic mass is 10.3. The molecule has 0 unspecified atom stereocenters. The maximum atomic E-state index is 13.4. The molecule has 1 aromatic heterocycles. The van der Waals surface area contributed by atoms with Gasteiger partial charge in [0.05, 0.1) is 6.61 Å². The molecule has 0 aliphatic carbocycles. The van der Waals surface area contributed by atoms with Crippen LogP contribution in [-0.2, 0) is 6.61 Å². The number of benzene rings is 1. The van der Waals surface area contributed by atoms with E-state index in [-0.39, 0.29) is 12.4 Å². The van der Waals surface area contributed by atoms with Crippen LogP contribution < -0.4 is 9.47 Å². The summed E-state index contributed by atoms with van der Waals surface area (Å²) in [6.45, 7) is 2.57. The van der Waals surface area contributed by atoms with Crippen molar-refractivity contribution in [1.82, 2.24) is 10.2 Å². The average Bonchev–Trinajstić information content (AvgIpc) is 2.79. The highest BCUT2D eigenvalue weighted by atomic mass is 79.9. The second-order valence-electron chi connectivity index (χ2n) is 3.26. The van der Waals surface area contributed by atoms with Gasteiger partial charge in [0, 0.05) is 4.47 Å². The van der Waals surface area contributed by atoms with Crippen LogP contribution in [0.5, 0.6) is 10.9 Å². The molecule has 0 saturated heterocycles. The van der Waals surface area contributed by atoms with Gasteiger partial charge in [0.15, 0.2) is 16.6 Å². The van der Waals surface area contributed by atoms with Gasteiger partial charge >= 0.3 is 0 Å². The lowest BCUT2D eigenvalue weighted by Gasteiger charge is -2.05. The highest BCUT2D eigenvalue weighted by molar-refractivity contribution is 9.10. The zero-order valence-electron chi connectivity index (χ0n) is 9.52. The van der Waals surface area contributed by atoms with Gasteiger partial charge in [-0.05, 0) is 25.1 Å². The molecule has 96 valence electrons. The number of nitrogens with zero attached hydrogens (tertiary/aromatic N) is 2. The summed E-state index contributed by atoms with van der Waals surface area (Å²) in [6, 6.07) is 4.52. The molecular weight excluding hydrogens is 323 g/mol. The minimum atomic E-state index is -0.409. The number of rotatable bonds is 5. The van der Waals surface area contributed by atoms with E-state index in [1.54, 1.807) is 12.1 Å². The lowest BCUT2D eigenvalue weighted by Crippen LogP contribution is -1.97. The molecule has 0 amide bonds. The first-order chi connectivity index (χ1) is 8.69. The van der Waals surface area contributed by atoms with Gasteiger partial charge in [-0.1, -0.05) is 32.4 Å². The number of hydrogen-bond acceptors (Lipinski definition) is 5. The van der Waals surface area contributed by atoms with Gasteiger partial charge in [-0.25, -0.2) is 4.39 Å². The van der Waals surface area contributed by atoms with Crippen molar-refractivity contribution in [2.45, 2.75) is 13.5 Å². The van der Waals surface area contributed by atoms with Crippen LogP contribution in [0.2, 0.25) is 0 Å². The van der Waals surface area contributed by atoms with Crippen molar-refractivity contribution in [1.29, 1.82) is 0 Å². The normalized spacial score (nSPS) is 10.4. The van der Waals surface area contributed by atoms with Gasteiger partial charge in [-0.15, -0.1) is 5.10 Å². The average molecular weight is 333 g/mol. The van der Waals surface area contributed by atoms with Crippen LogP contribution in [0.3, 0.4) is 0 Å². The van der Waals surface area contributed by atoms with Crippen molar-refractivity contribution in [2.75, 3.05) is 6.61 Å². The molecule has 0 saturated carbocycles. The van der Waals surface area contributed by atoms with Gasteiger partial charge in [-0.3, -0.25) is 0 Å². The Morgan fingerprint density at radius 3 is 2.94 bits per heavy atom. The van der Waals surface area contributed by atoms with E-state index in [0.29, 0.717) is 16.8 Å². The molecule has 18 heavy (non-hydrogen) atoms. The Balaban J connectivity index is 1.99. The van der Waals surface area contributed by atoms with E-state index < -0.39 is 5.82 Å². The minimum absolute atomic E-state index is 0.165. The summed E-state index contributed by atoms with van der Waals surface area (Å²) in [4.78, 5) is 0. The third-order valence-corrected chi connectivity index (χ3v) is 3.26. The molecule has 0 radical (unpaired) electrons. The quantitative estimate of drug-likeness (QED) is 0.841. The van der Waals surface area contributed by atoms with Crippen LogP contribution in [0, 0.1) is 5.82 Å². The summed E-state index contributed by atoms with van der Waals surface area (Å²) in [5, 5.41) is 8.84. The molecule has 0 aliphatic rings. The summed E-state index contributed by atoms with van der Waals surface area (Å²) in [7, 11) is 0. The molecule has 0 spiro atoms. The van der Waals surface area contributed by atoms with Crippen molar-refractivity contribution >= 4 is 27.3 Å². The topological polar surface area (TPSA) is 44.2 Å². The van der Waals surface area contributed by atoms with Crippen molar-refractivity contribution in [3.8, 4) is 10.9 Å². The van der Waals surface area contributed by atoms with E-state index in [4.69, 9.17) is 9.47 Å². The zero-order chi connectivity index (χ0) is 13.0. The van der Waals surface area contributed by atoms with Gasteiger partial charge in [-0.2, -0.15) is 0 Å². The number of hydrogen-bond donors (Lipinski definition) is 0. The summed E-state index contributed by atoms with van der Waals surface area (Å²) in [6.07, 6.45) is 0. The summed E-state index contributed by atoms with van der Waals surface area (Å²) in [5.74, 6) is -0.231. The van der Waals surface area contributed by atoms with Crippen molar-refractivity contribution in [3.63, 3.8) is 0 Å². The second-order valence-corrected chi connectivity index (χ2v) is 5.20. The van der Waals surface area contributed by atoms with Crippen molar-refractivity contribution in [2.24, 2.45) is 0 Å². The number of halogens is 2. The van der Waals surface area contributed by atoms with Crippen LogP contribution in [0.15, 0.2) is 22.7 Å². The first-order valence-corrected chi connectivity index (χ1v) is 6.83. The maximum Gasteiger partial charge on any atom is 0.294 e. The van der Waals surface area contributed by atoms with E-state index in [1.807, 2.05) is 6.92 Å². The zero-order valence-corrected chi connectivity index (χ0v) is 11.9. The number of aromatic nitrogens is 2. The minimum Gasteiger partial charge on any atom is -0.483 e. The molecule has 2 aromatic rings. The summed E-state index contributed by atoms with van der Waals surface area (Å²) in [5.41, 5.74) is 0. The molecule has 0 bridgehead atoms. The number of ether oxygens (including phenoxy) is 2. The van der Waals surface area contributed by atoms with Crippen molar-refractivity contribution in [3.05, 3.63) is 33.5 Å².